The summed E-state index contributed by atoms with van der Waals surface area (Å²) in [6, 6.07) is 11.2. The molecule has 0 spiro atoms. The highest BCUT2D eigenvalue weighted by Crippen LogP contribution is 2.28. The molecule has 0 aliphatic carbocycles. The van der Waals surface area contributed by atoms with Gasteiger partial charge in [-0.15, -0.1) is 0 Å². The van der Waals surface area contributed by atoms with Crippen LogP contribution in [0, 0.1) is 0 Å². The molecule has 20 heavy (non-hydrogen) atoms. The number of hydrogen-bond donors (Lipinski definition) is 2. The number of azo groups is 1. The Morgan fingerprint density at radius 1 is 1.15 bits per heavy atom. The molecular formula is C14H13N3O3. The summed E-state index contributed by atoms with van der Waals surface area (Å²) < 4.78 is 5.08. The number of nitrogens with zero attached hydrogens (tertiary/aromatic N) is 2. The molecule has 102 valence electrons. The molecule has 0 saturated carbocycles. The Labute approximate surface area is 115 Å². The lowest BCUT2D eigenvalue weighted by Crippen LogP contribution is -1.94. The van der Waals surface area contributed by atoms with E-state index in [0.29, 0.717) is 22.8 Å². The molecule has 3 N–H and O–H groups in total. The van der Waals surface area contributed by atoms with Gasteiger partial charge in [0.2, 0.25) is 0 Å². The molecule has 0 aliphatic heterocycles. The number of carboxylic acid groups (broad SMARTS) is 1. The molecular weight excluding hydrogens is 258 g/mol. The van der Waals surface area contributed by atoms with E-state index >= 15 is 0 Å². The number of benzene rings is 2. The SMILES string of the molecule is COc1cc(/N=N/c2cccc(C(=O)O)c2)ccc1N. The van der Waals surface area contributed by atoms with Crippen LogP contribution in [0.3, 0.4) is 0 Å². The summed E-state index contributed by atoms with van der Waals surface area (Å²) in [5.41, 5.74) is 7.40. The molecule has 0 amide bonds. The first-order chi connectivity index (χ1) is 9.60. The zero-order valence-corrected chi connectivity index (χ0v) is 10.8. The van der Waals surface area contributed by atoms with Crippen LogP contribution < -0.4 is 10.5 Å². The van der Waals surface area contributed by atoms with E-state index in [1.54, 1.807) is 30.3 Å². The molecule has 0 aromatic heterocycles. The number of rotatable bonds is 4. The maximum absolute atomic E-state index is 10.8. The van der Waals surface area contributed by atoms with E-state index in [0.717, 1.165) is 0 Å². The second kappa shape index (κ2) is 5.83. The minimum atomic E-state index is -1.00. The largest absolute Gasteiger partial charge is 0.495 e. The van der Waals surface area contributed by atoms with Crippen molar-refractivity contribution in [1.82, 2.24) is 0 Å². The van der Waals surface area contributed by atoms with Crippen molar-refractivity contribution in [3.05, 3.63) is 48.0 Å². The van der Waals surface area contributed by atoms with Crippen LogP contribution in [-0.4, -0.2) is 18.2 Å². The number of carbonyl (C=O) groups is 1. The van der Waals surface area contributed by atoms with E-state index in [1.807, 2.05) is 0 Å². The van der Waals surface area contributed by atoms with E-state index in [9.17, 15) is 4.79 Å². The molecule has 2 rings (SSSR count). The zero-order valence-electron chi connectivity index (χ0n) is 10.8. The lowest BCUT2D eigenvalue weighted by Gasteiger charge is -2.03. The highest BCUT2D eigenvalue weighted by molar-refractivity contribution is 5.88. The van der Waals surface area contributed by atoms with Crippen LogP contribution >= 0.6 is 0 Å². The Morgan fingerprint density at radius 3 is 2.50 bits per heavy atom. The zero-order chi connectivity index (χ0) is 14.5. The summed E-state index contributed by atoms with van der Waals surface area (Å²) in [6.45, 7) is 0. The van der Waals surface area contributed by atoms with Gasteiger partial charge in [0.1, 0.15) is 5.75 Å². The summed E-state index contributed by atoms with van der Waals surface area (Å²) >= 11 is 0. The van der Waals surface area contributed by atoms with Crippen molar-refractivity contribution in [3.8, 4) is 5.75 Å². The van der Waals surface area contributed by atoms with E-state index in [2.05, 4.69) is 10.2 Å². The van der Waals surface area contributed by atoms with Gasteiger partial charge in [0.15, 0.2) is 0 Å². The van der Waals surface area contributed by atoms with Crippen LogP contribution in [0.5, 0.6) is 5.75 Å². The van der Waals surface area contributed by atoms with E-state index < -0.39 is 5.97 Å². The number of aromatic carboxylic acids is 1. The fraction of sp³-hybridized carbons (Fsp3) is 0.0714. The first kappa shape index (κ1) is 13.5. The fourth-order valence-electron chi connectivity index (χ4n) is 1.58. The first-order valence-corrected chi connectivity index (χ1v) is 5.79. The quantitative estimate of drug-likeness (QED) is 0.657. The van der Waals surface area contributed by atoms with Gasteiger partial charge in [-0.3, -0.25) is 0 Å². The molecule has 0 unspecified atom stereocenters. The Bertz CT molecular complexity index is 668. The first-order valence-electron chi connectivity index (χ1n) is 5.79. The number of carboxylic acids is 1. The van der Waals surface area contributed by atoms with Crippen molar-refractivity contribution in [3.63, 3.8) is 0 Å². The second-order valence-electron chi connectivity index (χ2n) is 3.98. The summed E-state index contributed by atoms with van der Waals surface area (Å²) in [7, 11) is 1.52. The molecule has 6 heteroatoms. The van der Waals surface area contributed by atoms with E-state index in [-0.39, 0.29) is 5.56 Å². The Balaban J connectivity index is 2.25. The standard InChI is InChI=1S/C14H13N3O3/c1-20-13-8-11(5-6-12(13)15)17-16-10-4-2-3-9(7-10)14(18)19/h2-8H,15H2,1H3,(H,18,19)/b17-16+. The summed E-state index contributed by atoms with van der Waals surface area (Å²) in [5.74, 6) is -0.489. The lowest BCUT2D eigenvalue weighted by atomic mass is 10.2. The molecule has 0 atom stereocenters. The van der Waals surface area contributed by atoms with Crippen LogP contribution in [0.25, 0.3) is 0 Å². The van der Waals surface area contributed by atoms with Crippen LogP contribution in [0.15, 0.2) is 52.7 Å². The minimum Gasteiger partial charge on any atom is -0.495 e. The van der Waals surface area contributed by atoms with Gasteiger partial charge >= 0.3 is 5.97 Å². The third kappa shape index (κ3) is 3.11. The maximum Gasteiger partial charge on any atom is 0.335 e. The predicted octanol–water partition coefficient (Wildman–Crippen LogP) is 3.39. The Kier molecular flexibility index (Phi) is 3.95. The topological polar surface area (TPSA) is 97.3 Å². The van der Waals surface area contributed by atoms with Crippen molar-refractivity contribution < 1.29 is 14.6 Å². The monoisotopic (exact) mass is 271 g/mol. The normalized spacial score (nSPS) is 10.7. The van der Waals surface area contributed by atoms with Crippen molar-refractivity contribution in [2.24, 2.45) is 10.2 Å². The summed E-state index contributed by atoms with van der Waals surface area (Å²) in [5, 5.41) is 16.9. The second-order valence-corrected chi connectivity index (χ2v) is 3.98. The summed E-state index contributed by atoms with van der Waals surface area (Å²) in [6.07, 6.45) is 0. The molecule has 0 aliphatic rings. The van der Waals surface area contributed by atoms with Crippen molar-refractivity contribution in [2.45, 2.75) is 0 Å². The summed E-state index contributed by atoms with van der Waals surface area (Å²) in [4.78, 5) is 10.8. The average Bonchev–Trinajstić information content (AvgIpc) is 2.46. The minimum absolute atomic E-state index is 0.163. The predicted molar refractivity (Wildman–Crippen MR) is 75.0 cm³/mol. The smallest absolute Gasteiger partial charge is 0.335 e. The fourth-order valence-corrected chi connectivity index (χ4v) is 1.58. The van der Waals surface area contributed by atoms with Crippen molar-refractivity contribution in [1.29, 1.82) is 0 Å². The molecule has 2 aromatic carbocycles. The van der Waals surface area contributed by atoms with Gasteiger partial charge in [0, 0.05) is 6.07 Å². The molecule has 6 nitrogen and oxygen atoms in total. The van der Waals surface area contributed by atoms with Crippen LogP contribution in [0.4, 0.5) is 17.1 Å². The molecule has 0 fully saturated rings. The maximum atomic E-state index is 10.8. The van der Waals surface area contributed by atoms with Crippen molar-refractivity contribution >= 4 is 23.0 Å². The number of methoxy groups -OCH3 is 1. The number of nitrogen functional groups attached to an aromatic ring is 1. The molecule has 0 bridgehead atoms. The van der Waals surface area contributed by atoms with Gasteiger partial charge in [-0.2, -0.15) is 10.2 Å². The van der Waals surface area contributed by atoms with Crippen molar-refractivity contribution in [2.75, 3.05) is 12.8 Å². The third-order valence-corrected chi connectivity index (χ3v) is 2.59. The molecule has 0 saturated heterocycles. The van der Waals surface area contributed by atoms with Crippen LogP contribution in [0.2, 0.25) is 0 Å². The van der Waals surface area contributed by atoms with Gasteiger partial charge in [-0.25, -0.2) is 4.79 Å². The molecule has 0 heterocycles. The highest BCUT2D eigenvalue weighted by atomic mass is 16.5. The number of anilines is 1. The molecule has 2 aromatic rings. The van der Waals surface area contributed by atoms with Gasteiger partial charge in [-0.05, 0) is 30.3 Å². The Hall–Kier alpha value is -2.89. The number of hydrogen-bond acceptors (Lipinski definition) is 5. The van der Waals surface area contributed by atoms with E-state index in [4.69, 9.17) is 15.6 Å². The average molecular weight is 271 g/mol. The van der Waals surface area contributed by atoms with Crippen LogP contribution in [0.1, 0.15) is 10.4 Å². The number of ether oxygens (including phenoxy) is 1. The van der Waals surface area contributed by atoms with Crippen LogP contribution in [-0.2, 0) is 0 Å². The van der Waals surface area contributed by atoms with Gasteiger partial charge in [0.05, 0.1) is 29.7 Å². The molecule has 0 radical (unpaired) electrons. The van der Waals surface area contributed by atoms with Gasteiger partial charge in [-0.1, -0.05) is 6.07 Å². The van der Waals surface area contributed by atoms with Gasteiger partial charge in [0.25, 0.3) is 0 Å². The third-order valence-electron chi connectivity index (χ3n) is 2.59. The Morgan fingerprint density at radius 2 is 1.85 bits per heavy atom. The lowest BCUT2D eigenvalue weighted by molar-refractivity contribution is 0.0697. The van der Waals surface area contributed by atoms with E-state index in [1.165, 1.54) is 19.2 Å². The van der Waals surface area contributed by atoms with Gasteiger partial charge < -0.3 is 15.6 Å². The number of nitrogens with two attached hydrogens (primary N) is 1. The highest BCUT2D eigenvalue weighted by Gasteiger charge is 2.03.